The summed E-state index contributed by atoms with van der Waals surface area (Å²) < 4.78 is 15.4. The van der Waals surface area contributed by atoms with Crippen LogP contribution >= 0.6 is 0 Å². The minimum atomic E-state index is -0.590. The van der Waals surface area contributed by atoms with Crippen LogP contribution in [0.1, 0.15) is 22.8 Å². The fourth-order valence-electron chi connectivity index (χ4n) is 2.50. The summed E-state index contributed by atoms with van der Waals surface area (Å²) in [5, 5.41) is 11.8. The van der Waals surface area contributed by atoms with E-state index in [1.807, 2.05) is 0 Å². The number of anilines is 1. The maximum absolute atomic E-state index is 12.1. The molecule has 2 N–H and O–H groups in total. The molecule has 1 aliphatic heterocycles. The fraction of sp³-hybridized carbons (Fsp3) is 0.211. The number of Topliss-reactive ketones (excluding diaryl/α,β-unsaturated/α-hetero) is 1. The topological polar surface area (TPSA) is 111 Å². The van der Waals surface area contributed by atoms with Crippen LogP contribution in [0.2, 0.25) is 0 Å². The zero-order valence-corrected chi connectivity index (χ0v) is 14.5. The third-order valence-corrected chi connectivity index (χ3v) is 3.82. The van der Waals surface area contributed by atoms with Crippen LogP contribution in [-0.4, -0.2) is 36.2 Å². The third kappa shape index (κ3) is 4.55. The van der Waals surface area contributed by atoms with Gasteiger partial charge in [-0.05, 0) is 30.7 Å². The van der Waals surface area contributed by atoms with Crippen molar-refractivity contribution in [1.82, 2.24) is 0 Å². The van der Waals surface area contributed by atoms with Gasteiger partial charge in [-0.3, -0.25) is 14.4 Å². The molecule has 0 fully saturated rings. The van der Waals surface area contributed by atoms with E-state index in [1.54, 1.807) is 12.1 Å². The minimum Gasteiger partial charge on any atom is -0.508 e. The van der Waals surface area contributed by atoms with Crippen molar-refractivity contribution < 1.29 is 33.7 Å². The summed E-state index contributed by atoms with van der Waals surface area (Å²) >= 11 is 0. The predicted molar refractivity (Wildman–Crippen MR) is 94.0 cm³/mol. The zero-order valence-electron chi connectivity index (χ0n) is 14.5. The van der Waals surface area contributed by atoms with Crippen LogP contribution in [0.25, 0.3) is 0 Å². The molecule has 8 heteroatoms. The first kappa shape index (κ1) is 18.2. The van der Waals surface area contributed by atoms with Crippen molar-refractivity contribution in [2.24, 2.45) is 0 Å². The third-order valence-electron chi connectivity index (χ3n) is 3.82. The number of hydrogen-bond acceptors (Lipinski definition) is 7. The Morgan fingerprint density at radius 2 is 1.78 bits per heavy atom. The Kier molecular flexibility index (Phi) is 5.25. The number of phenols is 1. The number of nitrogens with one attached hydrogen (secondary N) is 1. The smallest absolute Gasteiger partial charge is 0.310 e. The average Bonchev–Trinajstić information content (AvgIpc) is 3.08. The van der Waals surface area contributed by atoms with Crippen molar-refractivity contribution in [2.75, 3.05) is 18.7 Å². The predicted octanol–water partition coefficient (Wildman–Crippen LogP) is 2.05. The average molecular weight is 371 g/mol. The maximum atomic E-state index is 12.1. The van der Waals surface area contributed by atoms with Gasteiger partial charge in [-0.2, -0.15) is 0 Å². The Balaban J connectivity index is 1.58. The molecule has 0 spiro atoms. The van der Waals surface area contributed by atoms with E-state index in [0.717, 1.165) is 0 Å². The molecular weight excluding hydrogens is 354 g/mol. The van der Waals surface area contributed by atoms with Gasteiger partial charge in [-0.1, -0.05) is 12.1 Å². The Bertz CT molecular complexity index is 890. The lowest BCUT2D eigenvalue weighted by atomic mass is 10.1. The standard InChI is InChI=1S/C19H17NO7/c1-11(21)14-7-16-17(27-10-26-16)8-15(14)20-18(23)9-25-19(24)6-12-2-4-13(22)5-3-12/h2-5,7-8,22H,6,9-10H2,1H3,(H,20,23). The van der Waals surface area contributed by atoms with Gasteiger partial charge < -0.3 is 24.6 Å². The van der Waals surface area contributed by atoms with Gasteiger partial charge >= 0.3 is 5.97 Å². The van der Waals surface area contributed by atoms with Gasteiger partial charge in [0.2, 0.25) is 6.79 Å². The molecule has 1 aliphatic rings. The van der Waals surface area contributed by atoms with E-state index >= 15 is 0 Å². The number of phenolic OH excluding ortho intramolecular Hbond substituents is 1. The number of ketones is 1. The van der Waals surface area contributed by atoms with Gasteiger partial charge in [0.15, 0.2) is 23.9 Å². The van der Waals surface area contributed by atoms with Crippen molar-refractivity contribution in [3.63, 3.8) is 0 Å². The van der Waals surface area contributed by atoms with E-state index in [-0.39, 0.29) is 36.0 Å². The van der Waals surface area contributed by atoms with Crippen LogP contribution < -0.4 is 14.8 Å². The van der Waals surface area contributed by atoms with Crippen molar-refractivity contribution in [3.8, 4) is 17.2 Å². The van der Waals surface area contributed by atoms with Gasteiger partial charge in [0, 0.05) is 11.6 Å². The molecule has 2 aromatic rings. The molecule has 0 aliphatic carbocycles. The molecule has 0 saturated heterocycles. The molecular formula is C19H17NO7. The molecule has 1 amide bonds. The summed E-state index contributed by atoms with van der Waals surface area (Å²) in [4.78, 5) is 35.7. The summed E-state index contributed by atoms with van der Waals surface area (Å²) in [6.07, 6.45) is -0.0315. The van der Waals surface area contributed by atoms with Crippen LogP contribution in [0.3, 0.4) is 0 Å². The molecule has 0 bridgehead atoms. The largest absolute Gasteiger partial charge is 0.508 e. The van der Waals surface area contributed by atoms with Crippen LogP contribution in [0.4, 0.5) is 5.69 Å². The zero-order chi connectivity index (χ0) is 19.4. The highest BCUT2D eigenvalue weighted by molar-refractivity contribution is 6.05. The van der Waals surface area contributed by atoms with Crippen molar-refractivity contribution in [1.29, 1.82) is 0 Å². The summed E-state index contributed by atoms with van der Waals surface area (Å²) in [6, 6.07) is 9.08. The lowest BCUT2D eigenvalue weighted by molar-refractivity contribution is -0.146. The molecule has 0 aromatic heterocycles. The molecule has 140 valence electrons. The van der Waals surface area contributed by atoms with E-state index in [9.17, 15) is 19.5 Å². The van der Waals surface area contributed by atoms with Gasteiger partial charge in [-0.25, -0.2) is 0 Å². The fourth-order valence-corrected chi connectivity index (χ4v) is 2.50. The number of carbonyl (C=O) groups is 3. The molecule has 1 heterocycles. The second-order valence-corrected chi connectivity index (χ2v) is 5.86. The molecule has 0 unspecified atom stereocenters. The first-order valence-electron chi connectivity index (χ1n) is 8.10. The number of aromatic hydroxyl groups is 1. The van der Waals surface area contributed by atoms with Crippen LogP contribution in [0.5, 0.6) is 17.2 Å². The summed E-state index contributed by atoms with van der Waals surface area (Å²) in [7, 11) is 0. The quantitative estimate of drug-likeness (QED) is 0.590. The second kappa shape index (κ2) is 7.77. The Morgan fingerprint density at radius 1 is 1.11 bits per heavy atom. The highest BCUT2D eigenvalue weighted by atomic mass is 16.7. The molecule has 0 saturated carbocycles. The van der Waals surface area contributed by atoms with Gasteiger partial charge in [-0.15, -0.1) is 0 Å². The van der Waals surface area contributed by atoms with Gasteiger partial charge in [0.1, 0.15) is 5.75 Å². The minimum absolute atomic E-state index is 0.0315. The number of fused-ring (bicyclic) bond motifs is 1. The molecule has 8 nitrogen and oxygen atoms in total. The first-order chi connectivity index (χ1) is 12.9. The van der Waals surface area contributed by atoms with Gasteiger partial charge in [0.25, 0.3) is 5.91 Å². The summed E-state index contributed by atoms with van der Waals surface area (Å²) in [5.41, 5.74) is 1.17. The van der Waals surface area contributed by atoms with Crippen molar-refractivity contribution in [2.45, 2.75) is 13.3 Å². The SMILES string of the molecule is CC(=O)c1cc2c(cc1NC(=O)COC(=O)Cc1ccc(O)cc1)OCO2. The van der Waals surface area contributed by atoms with E-state index in [0.29, 0.717) is 17.1 Å². The monoisotopic (exact) mass is 371 g/mol. The number of carbonyl (C=O) groups excluding carboxylic acids is 3. The van der Waals surface area contributed by atoms with Crippen molar-refractivity contribution >= 4 is 23.3 Å². The number of hydrogen-bond donors (Lipinski definition) is 2. The molecule has 3 rings (SSSR count). The normalized spacial score (nSPS) is 11.7. The maximum Gasteiger partial charge on any atom is 0.310 e. The Morgan fingerprint density at radius 3 is 2.44 bits per heavy atom. The Labute approximate surface area is 154 Å². The number of ether oxygens (including phenoxy) is 3. The van der Waals surface area contributed by atoms with Crippen LogP contribution in [0.15, 0.2) is 36.4 Å². The van der Waals surface area contributed by atoms with Crippen LogP contribution in [0, 0.1) is 0 Å². The molecule has 27 heavy (non-hydrogen) atoms. The molecule has 0 atom stereocenters. The van der Waals surface area contributed by atoms with E-state index in [1.165, 1.54) is 31.2 Å². The molecule has 0 radical (unpaired) electrons. The van der Waals surface area contributed by atoms with E-state index in [2.05, 4.69) is 5.32 Å². The second-order valence-electron chi connectivity index (χ2n) is 5.86. The number of esters is 1. The Hall–Kier alpha value is -3.55. The van der Waals surface area contributed by atoms with Gasteiger partial charge in [0.05, 0.1) is 12.1 Å². The lowest BCUT2D eigenvalue weighted by Gasteiger charge is -2.11. The number of amides is 1. The van der Waals surface area contributed by atoms with Crippen molar-refractivity contribution in [3.05, 3.63) is 47.5 Å². The summed E-state index contributed by atoms with van der Waals surface area (Å²) in [6.45, 7) is 0.909. The van der Waals surface area contributed by atoms with E-state index < -0.39 is 18.5 Å². The number of rotatable bonds is 6. The van der Waals surface area contributed by atoms with E-state index in [4.69, 9.17) is 14.2 Å². The lowest BCUT2D eigenvalue weighted by Crippen LogP contribution is -2.22. The van der Waals surface area contributed by atoms with Crippen LogP contribution in [-0.2, 0) is 20.7 Å². The highest BCUT2D eigenvalue weighted by Crippen LogP contribution is 2.37. The first-order valence-corrected chi connectivity index (χ1v) is 8.10. The number of benzene rings is 2. The highest BCUT2D eigenvalue weighted by Gasteiger charge is 2.20. The molecule has 2 aromatic carbocycles. The summed E-state index contributed by atoms with van der Waals surface area (Å²) in [5.74, 6) is -0.494.